The van der Waals surface area contributed by atoms with Gasteiger partial charge in [-0.05, 0) is 58.9 Å². The molecule has 0 aromatic heterocycles. The van der Waals surface area contributed by atoms with E-state index >= 15 is 0 Å². The van der Waals surface area contributed by atoms with Crippen molar-refractivity contribution < 1.29 is 0 Å². The van der Waals surface area contributed by atoms with E-state index in [9.17, 15) is 0 Å². The van der Waals surface area contributed by atoms with Crippen molar-refractivity contribution in [3.63, 3.8) is 0 Å². The SMILES string of the molecule is CCNC(c1ccc(Br)c(Cl)c1)C1CCCCCC1. The number of halogens is 2. The number of nitrogens with one attached hydrogen (secondary N) is 1. The van der Waals surface area contributed by atoms with E-state index < -0.39 is 0 Å². The lowest BCUT2D eigenvalue weighted by molar-refractivity contribution is 0.330. The Kier molecular flexibility index (Phi) is 6.18. The number of benzene rings is 1. The first kappa shape index (κ1) is 15.3. The van der Waals surface area contributed by atoms with Gasteiger partial charge in [-0.2, -0.15) is 0 Å². The molecular formula is C16H23BrClN. The van der Waals surface area contributed by atoms with Gasteiger partial charge in [-0.1, -0.05) is 50.3 Å². The van der Waals surface area contributed by atoms with Crippen molar-refractivity contribution in [1.82, 2.24) is 5.32 Å². The van der Waals surface area contributed by atoms with Crippen LogP contribution in [0.3, 0.4) is 0 Å². The van der Waals surface area contributed by atoms with E-state index in [1.807, 2.05) is 0 Å². The summed E-state index contributed by atoms with van der Waals surface area (Å²) in [5.41, 5.74) is 1.34. The zero-order valence-corrected chi connectivity index (χ0v) is 13.9. The first-order chi connectivity index (χ1) is 9.22. The van der Waals surface area contributed by atoms with Gasteiger partial charge in [0, 0.05) is 10.5 Å². The Morgan fingerprint density at radius 1 is 1.26 bits per heavy atom. The molecule has 19 heavy (non-hydrogen) atoms. The minimum atomic E-state index is 0.452. The lowest BCUT2D eigenvalue weighted by Gasteiger charge is -2.27. The summed E-state index contributed by atoms with van der Waals surface area (Å²) < 4.78 is 0.981. The summed E-state index contributed by atoms with van der Waals surface area (Å²) in [5.74, 6) is 0.750. The minimum absolute atomic E-state index is 0.452. The van der Waals surface area contributed by atoms with Gasteiger partial charge in [0.2, 0.25) is 0 Å². The Morgan fingerprint density at radius 3 is 2.53 bits per heavy atom. The van der Waals surface area contributed by atoms with Crippen molar-refractivity contribution in [1.29, 1.82) is 0 Å². The Bertz CT molecular complexity index is 400. The van der Waals surface area contributed by atoms with Crippen molar-refractivity contribution in [2.24, 2.45) is 5.92 Å². The average Bonchev–Trinajstić information content (AvgIpc) is 2.68. The summed E-state index contributed by atoms with van der Waals surface area (Å²) in [6, 6.07) is 6.84. The van der Waals surface area contributed by atoms with E-state index in [-0.39, 0.29) is 0 Å². The Labute approximate surface area is 130 Å². The highest BCUT2D eigenvalue weighted by atomic mass is 79.9. The second-order valence-corrected chi connectivity index (χ2v) is 6.72. The molecule has 1 aromatic carbocycles. The van der Waals surface area contributed by atoms with Crippen LogP contribution >= 0.6 is 27.5 Å². The van der Waals surface area contributed by atoms with Crippen molar-refractivity contribution in [3.05, 3.63) is 33.3 Å². The maximum Gasteiger partial charge on any atom is 0.0551 e. The molecule has 1 atom stereocenters. The van der Waals surface area contributed by atoms with Gasteiger partial charge in [-0.3, -0.25) is 0 Å². The van der Waals surface area contributed by atoms with Crippen LogP contribution in [0.25, 0.3) is 0 Å². The lowest BCUT2D eigenvalue weighted by atomic mass is 9.87. The monoisotopic (exact) mass is 343 g/mol. The fraction of sp³-hybridized carbons (Fsp3) is 0.625. The Hall–Kier alpha value is -0.0500. The van der Waals surface area contributed by atoms with Gasteiger partial charge < -0.3 is 5.32 Å². The quantitative estimate of drug-likeness (QED) is 0.688. The summed E-state index contributed by atoms with van der Waals surface area (Å²) in [5, 5.41) is 4.48. The summed E-state index contributed by atoms with van der Waals surface area (Å²) in [6.07, 6.45) is 8.22. The average molecular weight is 345 g/mol. The first-order valence-corrected chi connectivity index (χ1v) is 8.57. The minimum Gasteiger partial charge on any atom is -0.310 e. The molecule has 106 valence electrons. The predicted octanol–water partition coefficient (Wildman–Crippen LogP) is 5.72. The van der Waals surface area contributed by atoms with Crippen LogP contribution in [0.4, 0.5) is 0 Å². The molecule has 1 N–H and O–H groups in total. The van der Waals surface area contributed by atoms with Gasteiger partial charge >= 0.3 is 0 Å². The fourth-order valence-corrected chi connectivity index (χ4v) is 3.56. The largest absolute Gasteiger partial charge is 0.310 e. The Morgan fingerprint density at radius 2 is 1.95 bits per heavy atom. The smallest absolute Gasteiger partial charge is 0.0551 e. The van der Waals surface area contributed by atoms with Crippen LogP contribution in [0.5, 0.6) is 0 Å². The van der Waals surface area contributed by atoms with Crippen LogP contribution in [0.1, 0.15) is 57.1 Å². The van der Waals surface area contributed by atoms with Gasteiger partial charge in [0.15, 0.2) is 0 Å². The zero-order chi connectivity index (χ0) is 13.7. The van der Waals surface area contributed by atoms with E-state index in [1.54, 1.807) is 0 Å². The highest BCUT2D eigenvalue weighted by molar-refractivity contribution is 9.10. The first-order valence-electron chi connectivity index (χ1n) is 7.40. The summed E-state index contributed by atoms with van der Waals surface area (Å²) in [7, 11) is 0. The third kappa shape index (κ3) is 4.21. The number of hydrogen-bond acceptors (Lipinski definition) is 1. The number of hydrogen-bond donors (Lipinski definition) is 1. The summed E-state index contributed by atoms with van der Waals surface area (Å²) in [4.78, 5) is 0. The molecule has 3 heteroatoms. The third-order valence-corrected chi connectivity index (χ3v) is 5.33. The highest BCUT2D eigenvalue weighted by Gasteiger charge is 2.23. The van der Waals surface area contributed by atoms with Crippen molar-refractivity contribution in [3.8, 4) is 0 Å². The zero-order valence-electron chi connectivity index (χ0n) is 11.6. The summed E-state index contributed by atoms with van der Waals surface area (Å²) in [6.45, 7) is 3.19. The van der Waals surface area contributed by atoms with Crippen LogP contribution in [0, 0.1) is 5.92 Å². The fourth-order valence-electron chi connectivity index (χ4n) is 3.13. The maximum atomic E-state index is 6.25. The van der Waals surface area contributed by atoms with Crippen LogP contribution < -0.4 is 5.32 Å². The van der Waals surface area contributed by atoms with Crippen molar-refractivity contribution in [2.45, 2.75) is 51.5 Å². The molecule has 1 aromatic rings. The molecular weight excluding hydrogens is 322 g/mol. The van der Waals surface area contributed by atoms with Crippen LogP contribution in [-0.2, 0) is 0 Å². The van der Waals surface area contributed by atoms with E-state index in [0.717, 1.165) is 22.0 Å². The molecule has 0 radical (unpaired) electrons. The standard InChI is InChI=1S/C16H23BrClN/c1-2-19-16(12-7-5-3-4-6-8-12)13-9-10-14(17)15(18)11-13/h9-12,16,19H,2-8H2,1H3. The second-order valence-electron chi connectivity index (χ2n) is 5.46. The molecule has 1 aliphatic rings. The van der Waals surface area contributed by atoms with E-state index in [0.29, 0.717) is 6.04 Å². The van der Waals surface area contributed by atoms with Crippen molar-refractivity contribution in [2.75, 3.05) is 6.54 Å². The van der Waals surface area contributed by atoms with E-state index in [1.165, 1.54) is 44.1 Å². The lowest BCUT2D eigenvalue weighted by Crippen LogP contribution is -2.28. The molecule has 1 aliphatic carbocycles. The molecule has 0 aliphatic heterocycles. The van der Waals surface area contributed by atoms with Gasteiger partial charge in [0.25, 0.3) is 0 Å². The van der Waals surface area contributed by atoms with Gasteiger partial charge in [-0.25, -0.2) is 0 Å². The highest BCUT2D eigenvalue weighted by Crippen LogP contribution is 2.35. The third-order valence-electron chi connectivity index (χ3n) is 4.10. The molecule has 1 fully saturated rings. The normalized spacial score (nSPS) is 19.1. The predicted molar refractivity (Wildman–Crippen MR) is 86.8 cm³/mol. The van der Waals surface area contributed by atoms with E-state index in [2.05, 4.69) is 46.4 Å². The van der Waals surface area contributed by atoms with Gasteiger partial charge in [-0.15, -0.1) is 0 Å². The molecule has 0 spiro atoms. The molecule has 1 saturated carbocycles. The topological polar surface area (TPSA) is 12.0 Å². The summed E-state index contributed by atoms with van der Waals surface area (Å²) >= 11 is 9.73. The number of rotatable bonds is 4. The molecule has 1 nitrogen and oxygen atoms in total. The Balaban J connectivity index is 2.19. The molecule has 1 unspecified atom stereocenters. The molecule has 0 amide bonds. The van der Waals surface area contributed by atoms with E-state index in [4.69, 9.17) is 11.6 Å². The van der Waals surface area contributed by atoms with Crippen LogP contribution in [0.2, 0.25) is 5.02 Å². The molecule has 0 saturated heterocycles. The van der Waals surface area contributed by atoms with Crippen LogP contribution in [-0.4, -0.2) is 6.54 Å². The second kappa shape index (κ2) is 7.66. The van der Waals surface area contributed by atoms with Gasteiger partial charge in [0.1, 0.15) is 0 Å². The van der Waals surface area contributed by atoms with Crippen LogP contribution in [0.15, 0.2) is 22.7 Å². The van der Waals surface area contributed by atoms with Crippen molar-refractivity contribution >= 4 is 27.5 Å². The molecule has 2 rings (SSSR count). The maximum absolute atomic E-state index is 6.25. The molecule has 0 heterocycles. The molecule has 0 bridgehead atoms. The van der Waals surface area contributed by atoms with Gasteiger partial charge in [0.05, 0.1) is 5.02 Å².